The lowest BCUT2D eigenvalue weighted by molar-refractivity contribution is -0.136. The Morgan fingerprint density at radius 2 is 1.87 bits per heavy atom. The third kappa shape index (κ3) is 4.51. The summed E-state index contributed by atoms with van der Waals surface area (Å²) in [5.41, 5.74) is 3.34. The second kappa shape index (κ2) is 8.82. The average molecular weight is 403 g/mol. The van der Waals surface area contributed by atoms with E-state index < -0.39 is 0 Å². The van der Waals surface area contributed by atoms with E-state index in [4.69, 9.17) is 0 Å². The van der Waals surface area contributed by atoms with Crippen molar-refractivity contribution in [3.8, 4) is 0 Å². The largest absolute Gasteiger partial charge is 0.334 e. The third-order valence-corrected chi connectivity index (χ3v) is 4.96. The fourth-order valence-corrected chi connectivity index (χ4v) is 3.48. The first-order valence-corrected chi connectivity index (χ1v) is 9.80. The Hall–Kier alpha value is -3.61. The van der Waals surface area contributed by atoms with Gasteiger partial charge in [0.1, 0.15) is 11.3 Å². The molecule has 0 saturated carbocycles. The van der Waals surface area contributed by atoms with E-state index in [1.165, 1.54) is 12.1 Å². The van der Waals surface area contributed by atoms with Crippen LogP contribution in [0.25, 0.3) is 11.0 Å². The summed E-state index contributed by atoms with van der Waals surface area (Å²) in [5.74, 6) is -0.688. The van der Waals surface area contributed by atoms with E-state index in [0.29, 0.717) is 19.6 Å². The third-order valence-electron chi connectivity index (χ3n) is 4.96. The van der Waals surface area contributed by atoms with Gasteiger partial charge in [0.05, 0.1) is 18.0 Å². The minimum absolute atomic E-state index is 0.0392. The molecule has 2 heterocycles. The zero-order valence-electron chi connectivity index (χ0n) is 16.6. The summed E-state index contributed by atoms with van der Waals surface area (Å²) in [6.45, 7) is 2.99. The first-order chi connectivity index (χ1) is 14.6. The standard InChI is InChI=1S/C23H22FN5O/c1-17(14-29-22-10-3-2-9-21(22)26-27-29)23(30)28(16-19-7-5-11-25-13-19)15-18-6-4-8-20(24)12-18/h2-13,17H,14-16H2,1H3. The van der Waals surface area contributed by atoms with Crippen LogP contribution in [0.3, 0.4) is 0 Å². The molecule has 4 rings (SSSR count). The molecule has 2 aromatic carbocycles. The van der Waals surface area contributed by atoms with Gasteiger partial charge in [0, 0.05) is 25.5 Å². The van der Waals surface area contributed by atoms with E-state index in [-0.39, 0.29) is 17.6 Å². The smallest absolute Gasteiger partial charge is 0.227 e. The summed E-state index contributed by atoms with van der Waals surface area (Å²) in [7, 11) is 0. The summed E-state index contributed by atoms with van der Waals surface area (Å²) in [4.78, 5) is 19.2. The number of carbonyl (C=O) groups excluding carboxylic acids is 1. The SMILES string of the molecule is CC(Cn1nnc2ccccc21)C(=O)N(Cc1cccnc1)Cc1cccc(F)c1. The topological polar surface area (TPSA) is 63.9 Å². The zero-order chi connectivity index (χ0) is 20.9. The van der Waals surface area contributed by atoms with Crippen molar-refractivity contribution >= 4 is 16.9 Å². The van der Waals surface area contributed by atoms with Crippen LogP contribution in [0.15, 0.2) is 73.1 Å². The first kappa shape index (κ1) is 19.7. The van der Waals surface area contributed by atoms with Gasteiger partial charge in [-0.15, -0.1) is 5.10 Å². The Morgan fingerprint density at radius 3 is 2.67 bits per heavy atom. The van der Waals surface area contributed by atoms with Crippen molar-refractivity contribution in [2.45, 2.75) is 26.6 Å². The van der Waals surface area contributed by atoms with Crippen LogP contribution in [0.4, 0.5) is 4.39 Å². The molecule has 1 atom stereocenters. The van der Waals surface area contributed by atoms with Crippen LogP contribution in [0.5, 0.6) is 0 Å². The van der Waals surface area contributed by atoms with Gasteiger partial charge in [0.15, 0.2) is 0 Å². The molecule has 7 heteroatoms. The molecule has 0 radical (unpaired) electrons. The van der Waals surface area contributed by atoms with Crippen LogP contribution in [0.2, 0.25) is 0 Å². The number of hydrogen-bond acceptors (Lipinski definition) is 4. The van der Waals surface area contributed by atoms with Gasteiger partial charge >= 0.3 is 0 Å². The fourth-order valence-electron chi connectivity index (χ4n) is 3.48. The molecule has 152 valence electrons. The summed E-state index contributed by atoms with van der Waals surface area (Å²) in [5, 5.41) is 8.35. The van der Waals surface area contributed by atoms with E-state index in [0.717, 1.165) is 22.2 Å². The van der Waals surface area contributed by atoms with Gasteiger partial charge < -0.3 is 4.90 Å². The predicted molar refractivity (Wildman–Crippen MR) is 112 cm³/mol. The lowest BCUT2D eigenvalue weighted by Gasteiger charge is -2.26. The highest BCUT2D eigenvalue weighted by Crippen LogP contribution is 2.17. The number of rotatable bonds is 7. The normalized spacial score (nSPS) is 12.1. The molecule has 1 unspecified atom stereocenters. The Kier molecular flexibility index (Phi) is 5.79. The number of pyridine rings is 1. The summed E-state index contributed by atoms with van der Waals surface area (Å²) < 4.78 is 15.4. The highest BCUT2D eigenvalue weighted by Gasteiger charge is 2.23. The Balaban J connectivity index is 1.55. The molecule has 1 amide bonds. The minimum atomic E-state index is -0.333. The quantitative estimate of drug-likeness (QED) is 0.470. The van der Waals surface area contributed by atoms with E-state index in [2.05, 4.69) is 15.3 Å². The van der Waals surface area contributed by atoms with Gasteiger partial charge in [-0.05, 0) is 41.5 Å². The van der Waals surface area contributed by atoms with Crippen molar-refractivity contribution < 1.29 is 9.18 Å². The van der Waals surface area contributed by atoms with Crippen molar-refractivity contribution in [1.29, 1.82) is 0 Å². The zero-order valence-corrected chi connectivity index (χ0v) is 16.6. The molecular weight excluding hydrogens is 381 g/mol. The molecule has 0 spiro atoms. The van der Waals surface area contributed by atoms with Gasteiger partial charge in [0.25, 0.3) is 0 Å². The van der Waals surface area contributed by atoms with Crippen LogP contribution in [-0.4, -0.2) is 30.8 Å². The molecule has 0 fully saturated rings. The molecule has 0 saturated heterocycles. The summed E-state index contributed by atoms with van der Waals surface area (Å²) in [6, 6.07) is 17.8. The number of carbonyl (C=O) groups is 1. The monoisotopic (exact) mass is 403 g/mol. The molecule has 0 bridgehead atoms. The molecule has 0 N–H and O–H groups in total. The van der Waals surface area contributed by atoms with E-state index >= 15 is 0 Å². The average Bonchev–Trinajstić information content (AvgIpc) is 3.16. The van der Waals surface area contributed by atoms with Crippen molar-refractivity contribution in [2.24, 2.45) is 5.92 Å². The van der Waals surface area contributed by atoms with Crippen LogP contribution in [-0.2, 0) is 24.4 Å². The molecule has 0 aliphatic rings. The maximum atomic E-state index is 13.7. The number of halogens is 1. The first-order valence-electron chi connectivity index (χ1n) is 9.80. The highest BCUT2D eigenvalue weighted by atomic mass is 19.1. The van der Waals surface area contributed by atoms with Crippen molar-refractivity contribution in [1.82, 2.24) is 24.9 Å². The highest BCUT2D eigenvalue weighted by molar-refractivity contribution is 5.79. The van der Waals surface area contributed by atoms with E-state index in [1.807, 2.05) is 49.4 Å². The molecule has 2 aromatic heterocycles. The lowest BCUT2D eigenvalue weighted by Crippen LogP contribution is -2.36. The maximum Gasteiger partial charge on any atom is 0.227 e. The second-order valence-corrected chi connectivity index (χ2v) is 7.35. The molecule has 0 aliphatic heterocycles. The number of para-hydroxylation sites is 1. The van der Waals surface area contributed by atoms with Crippen LogP contribution in [0.1, 0.15) is 18.1 Å². The van der Waals surface area contributed by atoms with Gasteiger partial charge in [-0.3, -0.25) is 9.78 Å². The lowest BCUT2D eigenvalue weighted by atomic mass is 10.1. The number of fused-ring (bicyclic) bond motifs is 1. The summed E-state index contributed by atoms with van der Waals surface area (Å²) in [6.07, 6.45) is 3.43. The van der Waals surface area contributed by atoms with Gasteiger partial charge in [-0.1, -0.05) is 42.5 Å². The van der Waals surface area contributed by atoms with Crippen LogP contribution in [0, 0.1) is 11.7 Å². The number of hydrogen-bond donors (Lipinski definition) is 0. The van der Waals surface area contributed by atoms with Gasteiger partial charge in [-0.2, -0.15) is 0 Å². The Morgan fingerprint density at radius 1 is 1.07 bits per heavy atom. The molecular formula is C23H22FN5O. The van der Waals surface area contributed by atoms with Crippen LogP contribution < -0.4 is 0 Å². The van der Waals surface area contributed by atoms with Crippen molar-refractivity contribution in [3.63, 3.8) is 0 Å². The van der Waals surface area contributed by atoms with Crippen LogP contribution >= 0.6 is 0 Å². The van der Waals surface area contributed by atoms with Crippen molar-refractivity contribution in [3.05, 3.63) is 90.0 Å². The summed E-state index contributed by atoms with van der Waals surface area (Å²) >= 11 is 0. The van der Waals surface area contributed by atoms with Gasteiger partial charge in [0.2, 0.25) is 5.91 Å². The van der Waals surface area contributed by atoms with Gasteiger partial charge in [-0.25, -0.2) is 9.07 Å². The minimum Gasteiger partial charge on any atom is -0.334 e. The molecule has 30 heavy (non-hydrogen) atoms. The molecule has 4 aromatic rings. The number of amides is 1. The van der Waals surface area contributed by atoms with E-state index in [1.54, 1.807) is 28.0 Å². The maximum absolute atomic E-state index is 13.7. The molecule has 6 nitrogen and oxygen atoms in total. The predicted octanol–water partition coefficient (Wildman–Crippen LogP) is 3.83. The van der Waals surface area contributed by atoms with E-state index in [9.17, 15) is 9.18 Å². The van der Waals surface area contributed by atoms with Crippen molar-refractivity contribution in [2.75, 3.05) is 0 Å². The second-order valence-electron chi connectivity index (χ2n) is 7.35. The number of nitrogens with zero attached hydrogens (tertiary/aromatic N) is 5. The molecule has 0 aliphatic carbocycles. The fraction of sp³-hybridized carbons (Fsp3) is 0.217. The number of aromatic nitrogens is 4. The Bertz CT molecular complexity index is 1140. The Labute approximate surface area is 174 Å². The number of benzene rings is 2.